The summed E-state index contributed by atoms with van der Waals surface area (Å²) in [5.41, 5.74) is 1.58. The molecule has 1 atom stereocenters. The van der Waals surface area contributed by atoms with Gasteiger partial charge in [0.25, 0.3) is 0 Å². The molecule has 0 saturated carbocycles. The van der Waals surface area contributed by atoms with Gasteiger partial charge in [0.1, 0.15) is 5.82 Å². The van der Waals surface area contributed by atoms with E-state index in [0.29, 0.717) is 11.5 Å². The van der Waals surface area contributed by atoms with E-state index in [1.165, 1.54) is 0 Å². The third kappa shape index (κ3) is 2.75. The fourth-order valence-electron chi connectivity index (χ4n) is 2.29. The number of rotatable bonds is 3. The van der Waals surface area contributed by atoms with Crippen LogP contribution in [0, 0.1) is 24.2 Å². The normalized spacial score (nSPS) is 19.4. The molecule has 2 rings (SSSR count). The van der Waals surface area contributed by atoms with Gasteiger partial charge < -0.3 is 9.64 Å². The van der Waals surface area contributed by atoms with Gasteiger partial charge in [-0.2, -0.15) is 5.26 Å². The van der Waals surface area contributed by atoms with Gasteiger partial charge in [-0.1, -0.05) is 0 Å². The molecule has 4 heteroatoms. The van der Waals surface area contributed by atoms with Gasteiger partial charge in [0.15, 0.2) is 0 Å². The number of aromatic nitrogens is 1. The van der Waals surface area contributed by atoms with Crippen molar-refractivity contribution in [3.05, 3.63) is 23.4 Å². The second-order valence-electron chi connectivity index (χ2n) is 4.52. The van der Waals surface area contributed by atoms with Crippen LogP contribution in [-0.2, 0) is 4.74 Å². The third-order valence-electron chi connectivity index (χ3n) is 3.08. The Morgan fingerprint density at radius 3 is 3.12 bits per heavy atom. The minimum absolute atomic E-state index is 0.577. The zero-order valence-electron chi connectivity index (χ0n) is 10.3. The van der Waals surface area contributed by atoms with Crippen molar-refractivity contribution >= 4 is 5.82 Å². The molecule has 2 heterocycles. The third-order valence-corrected chi connectivity index (χ3v) is 3.08. The highest BCUT2D eigenvalue weighted by atomic mass is 16.5. The Hall–Kier alpha value is -1.60. The van der Waals surface area contributed by atoms with E-state index in [1.807, 2.05) is 19.1 Å². The Bertz CT molecular complexity index is 439. The second-order valence-corrected chi connectivity index (χ2v) is 4.52. The van der Waals surface area contributed by atoms with E-state index in [-0.39, 0.29) is 0 Å². The van der Waals surface area contributed by atoms with Gasteiger partial charge in [-0.25, -0.2) is 4.98 Å². The molecule has 1 aliphatic rings. The van der Waals surface area contributed by atoms with E-state index in [2.05, 4.69) is 16.0 Å². The van der Waals surface area contributed by atoms with Crippen LogP contribution in [-0.4, -0.2) is 31.8 Å². The van der Waals surface area contributed by atoms with E-state index in [0.717, 1.165) is 37.6 Å². The van der Waals surface area contributed by atoms with Crippen molar-refractivity contribution in [3.63, 3.8) is 0 Å². The lowest BCUT2D eigenvalue weighted by Gasteiger charge is -2.18. The second kappa shape index (κ2) is 5.15. The van der Waals surface area contributed by atoms with Crippen LogP contribution in [0.2, 0.25) is 0 Å². The molecule has 1 fully saturated rings. The molecule has 90 valence electrons. The van der Waals surface area contributed by atoms with Gasteiger partial charge in [0, 0.05) is 31.8 Å². The molecule has 0 aliphatic carbocycles. The highest BCUT2D eigenvalue weighted by molar-refractivity contribution is 5.47. The van der Waals surface area contributed by atoms with E-state index in [1.54, 1.807) is 7.11 Å². The fourth-order valence-corrected chi connectivity index (χ4v) is 2.29. The number of pyridine rings is 1. The van der Waals surface area contributed by atoms with Gasteiger partial charge in [-0.3, -0.25) is 0 Å². The number of ether oxygens (including phenoxy) is 1. The Kier molecular flexibility index (Phi) is 3.60. The molecule has 0 radical (unpaired) electrons. The van der Waals surface area contributed by atoms with Gasteiger partial charge in [-0.15, -0.1) is 0 Å². The standard InChI is InChI=1S/C13H17N3O/c1-10-5-12(7-14)6-13(15-10)16-4-3-11(8-16)9-17-2/h5-6,11H,3-4,8-9H2,1-2H3. The Balaban J connectivity index is 2.13. The number of hydrogen-bond acceptors (Lipinski definition) is 4. The predicted octanol–water partition coefficient (Wildman–Crippen LogP) is 1.73. The molecule has 1 aromatic rings. The van der Waals surface area contributed by atoms with Crippen molar-refractivity contribution in [1.82, 2.24) is 4.98 Å². The first kappa shape index (κ1) is 11.9. The van der Waals surface area contributed by atoms with Crippen molar-refractivity contribution in [1.29, 1.82) is 5.26 Å². The number of aryl methyl sites for hydroxylation is 1. The smallest absolute Gasteiger partial charge is 0.130 e. The van der Waals surface area contributed by atoms with Crippen LogP contribution in [0.4, 0.5) is 5.82 Å². The number of anilines is 1. The van der Waals surface area contributed by atoms with Gasteiger partial charge in [-0.05, 0) is 25.5 Å². The molecular weight excluding hydrogens is 214 g/mol. The van der Waals surface area contributed by atoms with Crippen molar-refractivity contribution in [2.24, 2.45) is 5.92 Å². The summed E-state index contributed by atoms with van der Waals surface area (Å²) in [5, 5.41) is 8.95. The average Bonchev–Trinajstić information content (AvgIpc) is 2.77. The number of methoxy groups -OCH3 is 1. The molecule has 0 bridgehead atoms. The molecule has 0 N–H and O–H groups in total. The average molecular weight is 231 g/mol. The highest BCUT2D eigenvalue weighted by Gasteiger charge is 2.23. The Labute approximate surface area is 102 Å². The summed E-state index contributed by atoms with van der Waals surface area (Å²) >= 11 is 0. The first-order valence-corrected chi connectivity index (χ1v) is 5.85. The van der Waals surface area contributed by atoms with Crippen LogP contribution < -0.4 is 4.90 Å². The number of nitriles is 1. The topological polar surface area (TPSA) is 49.1 Å². The molecule has 17 heavy (non-hydrogen) atoms. The van der Waals surface area contributed by atoms with Crippen LogP contribution in [0.15, 0.2) is 12.1 Å². The van der Waals surface area contributed by atoms with E-state index < -0.39 is 0 Å². The first-order valence-electron chi connectivity index (χ1n) is 5.85. The van der Waals surface area contributed by atoms with Crippen LogP contribution in [0.3, 0.4) is 0 Å². The summed E-state index contributed by atoms with van der Waals surface area (Å²) in [7, 11) is 1.74. The summed E-state index contributed by atoms with van der Waals surface area (Å²) in [6.45, 7) is 4.69. The lowest BCUT2D eigenvalue weighted by molar-refractivity contribution is 0.161. The van der Waals surface area contributed by atoms with Crippen LogP contribution in [0.5, 0.6) is 0 Å². The molecule has 1 aromatic heterocycles. The molecule has 0 aromatic carbocycles. The van der Waals surface area contributed by atoms with Crippen molar-refractivity contribution in [2.45, 2.75) is 13.3 Å². The Morgan fingerprint density at radius 2 is 2.41 bits per heavy atom. The number of nitrogens with zero attached hydrogens (tertiary/aromatic N) is 3. The predicted molar refractivity (Wildman–Crippen MR) is 65.9 cm³/mol. The van der Waals surface area contributed by atoms with Crippen molar-refractivity contribution < 1.29 is 4.74 Å². The summed E-state index contributed by atoms with van der Waals surface area (Å²) < 4.78 is 5.18. The Morgan fingerprint density at radius 1 is 1.59 bits per heavy atom. The molecular formula is C13H17N3O. The monoisotopic (exact) mass is 231 g/mol. The van der Waals surface area contributed by atoms with E-state index in [9.17, 15) is 0 Å². The van der Waals surface area contributed by atoms with E-state index >= 15 is 0 Å². The minimum Gasteiger partial charge on any atom is -0.384 e. The largest absolute Gasteiger partial charge is 0.384 e. The minimum atomic E-state index is 0.577. The molecule has 1 aliphatic heterocycles. The summed E-state index contributed by atoms with van der Waals surface area (Å²) in [6, 6.07) is 5.85. The molecule has 1 saturated heterocycles. The zero-order chi connectivity index (χ0) is 12.3. The molecule has 4 nitrogen and oxygen atoms in total. The maximum Gasteiger partial charge on any atom is 0.130 e. The SMILES string of the molecule is COCC1CCN(c2cc(C#N)cc(C)n2)C1. The van der Waals surface area contributed by atoms with Crippen LogP contribution >= 0.6 is 0 Å². The van der Waals surface area contributed by atoms with Gasteiger partial charge in [0.2, 0.25) is 0 Å². The maximum absolute atomic E-state index is 8.95. The molecule has 0 amide bonds. The fraction of sp³-hybridized carbons (Fsp3) is 0.538. The van der Waals surface area contributed by atoms with Crippen molar-refractivity contribution in [3.8, 4) is 6.07 Å². The summed E-state index contributed by atoms with van der Waals surface area (Å²) in [4.78, 5) is 6.73. The first-order chi connectivity index (χ1) is 8.22. The van der Waals surface area contributed by atoms with Crippen LogP contribution in [0.1, 0.15) is 17.7 Å². The highest BCUT2D eigenvalue weighted by Crippen LogP contribution is 2.23. The summed E-state index contributed by atoms with van der Waals surface area (Å²) in [5.74, 6) is 1.49. The lowest BCUT2D eigenvalue weighted by atomic mass is 10.1. The quantitative estimate of drug-likeness (QED) is 0.795. The zero-order valence-corrected chi connectivity index (χ0v) is 10.3. The van der Waals surface area contributed by atoms with E-state index in [4.69, 9.17) is 10.00 Å². The molecule has 0 spiro atoms. The summed E-state index contributed by atoms with van der Waals surface area (Å²) in [6.07, 6.45) is 1.13. The van der Waals surface area contributed by atoms with Gasteiger partial charge in [0.05, 0.1) is 18.2 Å². The van der Waals surface area contributed by atoms with Gasteiger partial charge >= 0.3 is 0 Å². The number of hydrogen-bond donors (Lipinski definition) is 0. The molecule has 1 unspecified atom stereocenters. The van der Waals surface area contributed by atoms with Crippen molar-refractivity contribution in [2.75, 3.05) is 31.7 Å². The van der Waals surface area contributed by atoms with Crippen LogP contribution in [0.25, 0.3) is 0 Å². The lowest BCUT2D eigenvalue weighted by Crippen LogP contribution is -2.22. The maximum atomic E-state index is 8.95.